The molecular weight excluding hydrogens is 220 g/mol. The highest BCUT2D eigenvalue weighted by atomic mass is 32.1. The Labute approximate surface area is 98.5 Å². The molecule has 0 amide bonds. The summed E-state index contributed by atoms with van der Waals surface area (Å²) < 4.78 is 4.82. The molecule has 0 aromatic carbocycles. The topological polar surface area (TPSA) is 38.1 Å². The van der Waals surface area contributed by atoms with Crippen LogP contribution in [0.25, 0.3) is 0 Å². The first-order valence-electron chi connectivity index (χ1n) is 5.61. The highest BCUT2D eigenvalue weighted by Gasteiger charge is 2.20. The van der Waals surface area contributed by atoms with Crippen molar-refractivity contribution in [3.05, 3.63) is 39.9 Å². The fourth-order valence-electron chi connectivity index (χ4n) is 2.25. The van der Waals surface area contributed by atoms with Gasteiger partial charge in [0.1, 0.15) is 6.26 Å². The minimum atomic E-state index is 0.505. The Balaban J connectivity index is 1.69. The summed E-state index contributed by atoms with van der Waals surface area (Å²) in [7, 11) is 0. The third kappa shape index (κ3) is 1.90. The average Bonchev–Trinajstić information content (AvgIpc) is 2.97. The van der Waals surface area contributed by atoms with Crippen molar-refractivity contribution in [2.75, 3.05) is 0 Å². The zero-order valence-corrected chi connectivity index (χ0v) is 9.80. The Bertz CT molecular complexity index is 449. The predicted octanol–water partition coefficient (Wildman–Crippen LogP) is 2.90. The van der Waals surface area contributed by atoms with Crippen LogP contribution < -0.4 is 5.32 Å². The molecule has 0 bridgehead atoms. The molecule has 0 saturated heterocycles. The van der Waals surface area contributed by atoms with E-state index in [-0.39, 0.29) is 0 Å². The monoisotopic (exact) mass is 234 g/mol. The fourth-order valence-corrected chi connectivity index (χ4v) is 3.24. The van der Waals surface area contributed by atoms with Gasteiger partial charge >= 0.3 is 0 Å². The van der Waals surface area contributed by atoms with Crippen molar-refractivity contribution in [1.29, 1.82) is 0 Å². The number of hydrogen-bond acceptors (Lipinski definition) is 4. The van der Waals surface area contributed by atoms with Gasteiger partial charge in [0.25, 0.3) is 0 Å². The van der Waals surface area contributed by atoms with Gasteiger partial charge in [-0.05, 0) is 36.3 Å². The minimum Gasteiger partial charge on any atom is -0.364 e. The molecule has 0 saturated carbocycles. The summed E-state index contributed by atoms with van der Waals surface area (Å²) in [5, 5.41) is 9.48. The molecule has 0 radical (unpaired) electrons. The largest absolute Gasteiger partial charge is 0.364 e. The van der Waals surface area contributed by atoms with Crippen LogP contribution in [0, 0.1) is 0 Å². The van der Waals surface area contributed by atoms with Crippen LogP contribution in [0.4, 0.5) is 0 Å². The Hall–Kier alpha value is -1.13. The lowest BCUT2D eigenvalue weighted by molar-refractivity contribution is 0.417. The number of fused-ring (bicyclic) bond motifs is 1. The molecule has 0 spiro atoms. The molecule has 1 N–H and O–H groups in total. The van der Waals surface area contributed by atoms with Crippen LogP contribution in [0.15, 0.2) is 28.4 Å². The smallest absolute Gasteiger partial charge is 0.128 e. The molecule has 3 rings (SSSR count). The number of rotatable bonds is 3. The van der Waals surface area contributed by atoms with E-state index in [4.69, 9.17) is 4.52 Å². The molecule has 1 atom stereocenters. The molecule has 2 heterocycles. The molecule has 0 fully saturated rings. The second-order valence-corrected chi connectivity index (χ2v) is 5.16. The fraction of sp³-hybridized carbons (Fsp3) is 0.417. The third-order valence-corrected chi connectivity index (χ3v) is 4.08. The Morgan fingerprint density at radius 2 is 2.56 bits per heavy atom. The maximum absolute atomic E-state index is 4.82. The molecular formula is C12H14N2OS. The third-order valence-electron chi connectivity index (χ3n) is 3.09. The lowest BCUT2D eigenvalue weighted by Crippen LogP contribution is -2.23. The van der Waals surface area contributed by atoms with E-state index in [2.05, 4.69) is 21.9 Å². The number of nitrogens with one attached hydrogen (secondary N) is 1. The lowest BCUT2D eigenvalue weighted by Gasteiger charge is -2.23. The highest BCUT2D eigenvalue weighted by Crippen LogP contribution is 2.33. The van der Waals surface area contributed by atoms with Gasteiger partial charge in [-0.2, -0.15) is 0 Å². The van der Waals surface area contributed by atoms with Crippen LogP contribution in [0.5, 0.6) is 0 Å². The summed E-state index contributed by atoms with van der Waals surface area (Å²) in [4.78, 5) is 1.55. The molecule has 1 aliphatic carbocycles. The minimum absolute atomic E-state index is 0.505. The van der Waals surface area contributed by atoms with Crippen molar-refractivity contribution < 1.29 is 4.52 Å². The first kappa shape index (κ1) is 10.1. The lowest BCUT2D eigenvalue weighted by atomic mass is 9.94. The molecule has 84 valence electrons. The highest BCUT2D eigenvalue weighted by molar-refractivity contribution is 7.10. The predicted molar refractivity (Wildman–Crippen MR) is 63.3 cm³/mol. The Kier molecular flexibility index (Phi) is 2.76. The van der Waals surface area contributed by atoms with Gasteiger partial charge in [0, 0.05) is 23.0 Å². The molecule has 1 unspecified atom stereocenters. The van der Waals surface area contributed by atoms with Gasteiger partial charge in [-0.1, -0.05) is 5.16 Å². The maximum atomic E-state index is 4.82. The van der Waals surface area contributed by atoms with Crippen LogP contribution in [0.3, 0.4) is 0 Å². The van der Waals surface area contributed by atoms with Crippen molar-refractivity contribution in [2.24, 2.45) is 0 Å². The second-order valence-electron chi connectivity index (χ2n) is 4.16. The van der Waals surface area contributed by atoms with E-state index in [0.29, 0.717) is 6.04 Å². The summed E-state index contributed by atoms with van der Waals surface area (Å²) in [5.41, 5.74) is 2.61. The Morgan fingerprint density at radius 3 is 3.44 bits per heavy atom. The van der Waals surface area contributed by atoms with E-state index in [1.807, 2.05) is 11.3 Å². The normalized spacial score (nSPS) is 19.6. The van der Waals surface area contributed by atoms with Crippen molar-refractivity contribution in [3.8, 4) is 0 Å². The molecule has 1 aliphatic rings. The van der Waals surface area contributed by atoms with Gasteiger partial charge in [-0.15, -0.1) is 11.3 Å². The van der Waals surface area contributed by atoms with Crippen molar-refractivity contribution in [3.63, 3.8) is 0 Å². The zero-order chi connectivity index (χ0) is 10.8. The zero-order valence-electron chi connectivity index (χ0n) is 8.98. The van der Waals surface area contributed by atoms with Gasteiger partial charge in [-0.3, -0.25) is 0 Å². The van der Waals surface area contributed by atoms with Gasteiger partial charge in [0.2, 0.25) is 0 Å². The van der Waals surface area contributed by atoms with Crippen molar-refractivity contribution >= 4 is 11.3 Å². The first-order chi connectivity index (χ1) is 7.93. The molecule has 2 aromatic rings. The number of aryl methyl sites for hydroxylation is 1. The molecule has 4 heteroatoms. The average molecular weight is 234 g/mol. The van der Waals surface area contributed by atoms with Crippen LogP contribution in [0.2, 0.25) is 0 Å². The summed E-state index contributed by atoms with van der Waals surface area (Å²) in [6.07, 6.45) is 7.23. The summed E-state index contributed by atoms with van der Waals surface area (Å²) in [5.74, 6) is 0. The Morgan fingerprint density at radius 1 is 1.56 bits per heavy atom. The molecule has 3 nitrogen and oxygen atoms in total. The van der Waals surface area contributed by atoms with Crippen LogP contribution in [0.1, 0.15) is 34.9 Å². The first-order valence-corrected chi connectivity index (χ1v) is 6.49. The van der Waals surface area contributed by atoms with Crippen LogP contribution in [-0.4, -0.2) is 5.16 Å². The molecule has 16 heavy (non-hydrogen) atoms. The van der Waals surface area contributed by atoms with E-state index in [1.165, 1.54) is 24.8 Å². The summed E-state index contributed by atoms with van der Waals surface area (Å²) in [6.45, 7) is 0.837. The quantitative estimate of drug-likeness (QED) is 0.887. The number of aromatic nitrogens is 1. The SMILES string of the molecule is c1cc2c(s1)CCCC2NCc1cnoc1. The number of thiophene rings is 1. The van der Waals surface area contributed by atoms with E-state index in [1.54, 1.807) is 17.3 Å². The van der Waals surface area contributed by atoms with Crippen molar-refractivity contribution in [2.45, 2.75) is 31.8 Å². The van der Waals surface area contributed by atoms with Crippen LogP contribution >= 0.6 is 11.3 Å². The van der Waals surface area contributed by atoms with E-state index < -0.39 is 0 Å². The van der Waals surface area contributed by atoms with Gasteiger partial charge in [0.15, 0.2) is 0 Å². The van der Waals surface area contributed by atoms with Crippen molar-refractivity contribution in [1.82, 2.24) is 10.5 Å². The number of hydrogen-bond donors (Lipinski definition) is 1. The van der Waals surface area contributed by atoms with E-state index in [9.17, 15) is 0 Å². The second kappa shape index (κ2) is 4.39. The summed E-state index contributed by atoms with van der Waals surface area (Å²) in [6, 6.07) is 2.76. The number of nitrogens with zero attached hydrogens (tertiary/aromatic N) is 1. The standard InChI is InChI=1S/C12H14N2OS/c1-2-11(10-4-5-16-12(10)3-1)13-6-9-7-14-15-8-9/h4-5,7-8,11,13H,1-3,6H2. The van der Waals surface area contributed by atoms with Gasteiger partial charge in [-0.25, -0.2) is 0 Å². The van der Waals surface area contributed by atoms with Crippen LogP contribution in [-0.2, 0) is 13.0 Å². The van der Waals surface area contributed by atoms with E-state index >= 15 is 0 Å². The van der Waals surface area contributed by atoms with Gasteiger partial charge in [0.05, 0.1) is 6.20 Å². The maximum Gasteiger partial charge on any atom is 0.128 e. The van der Waals surface area contributed by atoms with E-state index in [0.717, 1.165) is 12.1 Å². The van der Waals surface area contributed by atoms with Gasteiger partial charge < -0.3 is 9.84 Å². The molecule has 0 aliphatic heterocycles. The molecule has 2 aromatic heterocycles. The summed E-state index contributed by atoms with van der Waals surface area (Å²) >= 11 is 1.88.